The molecule has 1 aromatic rings. The van der Waals surface area contributed by atoms with E-state index in [0.717, 1.165) is 12.8 Å². The van der Waals surface area contributed by atoms with Gasteiger partial charge in [0.05, 0.1) is 5.02 Å². The van der Waals surface area contributed by atoms with E-state index in [4.69, 9.17) is 28.9 Å². The summed E-state index contributed by atoms with van der Waals surface area (Å²) in [5.41, 5.74) is 6.30. The van der Waals surface area contributed by atoms with Crippen LogP contribution in [0.25, 0.3) is 0 Å². The molecule has 2 unspecified atom stereocenters. The van der Waals surface area contributed by atoms with Gasteiger partial charge in [-0.1, -0.05) is 23.2 Å². The molecule has 1 fully saturated rings. The van der Waals surface area contributed by atoms with Gasteiger partial charge < -0.3 is 15.6 Å². The SMILES string of the molecule is CC1CC(N)CCN1C(=O)c1cc(Cl)c(Cl)[nH]1. The molecule has 1 aromatic heterocycles. The average molecular weight is 276 g/mol. The fourth-order valence-electron chi connectivity index (χ4n) is 2.18. The number of rotatable bonds is 1. The first-order chi connectivity index (χ1) is 7.99. The summed E-state index contributed by atoms with van der Waals surface area (Å²) in [6.45, 7) is 2.68. The number of aromatic nitrogens is 1. The number of H-pyrrole nitrogens is 1. The van der Waals surface area contributed by atoms with Crippen LogP contribution in [0.1, 0.15) is 30.3 Å². The highest BCUT2D eigenvalue weighted by Gasteiger charge is 2.28. The Morgan fingerprint density at radius 1 is 1.59 bits per heavy atom. The van der Waals surface area contributed by atoms with Crippen LogP contribution in [0, 0.1) is 0 Å². The molecular weight excluding hydrogens is 261 g/mol. The van der Waals surface area contributed by atoms with Gasteiger partial charge in [0.25, 0.3) is 5.91 Å². The number of carbonyl (C=O) groups excluding carboxylic acids is 1. The highest BCUT2D eigenvalue weighted by atomic mass is 35.5. The number of piperidine rings is 1. The zero-order chi connectivity index (χ0) is 12.6. The van der Waals surface area contributed by atoms with Crippen LogP contribution in [-0.2, 0) is 0 Å². The minimum Gasteiger partial charge on any atom is -0.340 e. The molecule has 0 saturated carbocycles. The largest absolute Gasteiger partial charge is 0.340 e. The van der Waals surface area contributed by atoms with Gasteiger partial charge in [-0.15, -0.1) is 0 Å². The zero-order valence-corrected chi connectivity index (χ0v) is 11.1. The summed E-state index contributed by atoms with van der Waals surface area (Å²) in [5.74, 6) is -0.0711. The van der Waals surface area contributed by atoms with Crippen LogP contribution in [0.3, 0.4) is 0 Å². The van der Waals surface area contributed by atoms with Crippen molar-refractivity contribution in [2.75, 3.05) is 6.54 Å². The lowest BCUT2D eigenvalue weighted by Crippen LogP contribution is -2.48. The van der Waals surface area contributed by atoms with Crippen LogP contribution in [0.5, 0.6) is 0 Å². The smallest absolute Gasteiger partial charge is 0.270 e. The van der Waals surface area contributed by atoms with Crippen LogP contribution in [0.2, 0.25) is 10.2 Å². The molecule has 3 N–H and O–H groups in total. The first-order valence-electron chi connectivity index (χ1n) is 5.59. The summed E-state index contributed by atoms with van der Waals surface area (Å²) in [4.78, 5) is 16.8. The van der Waals surface area contributed by atoms with Crippen LogP contribution in [0.4, 0.5) is 0 Å². The number of carbonyl (C=O) groups is 1. The molecule has 0 aromatic carbocycles. The van der Waals surface area contributed by atoms with E-state index in [-0.39, 0.29) is 18.0 Å². The third kappa shape index (κ3) is 2.59. The fraction of sp³-hybridized carbons (Fsp3) is 0.545. The first kappa shape index (κ1) is 12.7. The Morgan fingerprint density at radius 2 is 2.29 bits per heavy atom. The van der Waals surface area contributed by atoms with Crippen molar-refractivity contribution in [3.05, 3.63) is 21.9 Å². The average Bonchev–Trinajstić information content (AvgIpc) is 2.58. The zero-order valence-electron chi connectivity index (χ0n) is 9.54. The number of hydrogen-bond donors (Lipinski definition) is 2. The third-order valence-corrected chi connectivity index (χ3v) is 3.83. The lowest BCUT2D eigenvalue weighted by molar-refractivity contribution is 0.0613. The number of likely N-dealkylation sites (tertiary alicyclic amines) is 1. The minimum absolute atomic E-state index is 0.0711. The van der Waals surface area contributed by atoms with Gasteiger partial charge in [-0.05, 0) is 25.8 Å². The minimum atomic E-state index is -0.0711. The second-order valence-corrected chi connectivity index (χ2v) is 5.26. The summed E-state index contributed by atoms with van der Waals surface area (Å²) < 4.78 is 0. The van der Waals surface area contributed by atoms with Gasteiger partial charge >= 0.3 is 0 Å². The van der Waals surface area contributed by atoms with Crippen molar-refractivity contribution in [2.24, 2.45) is 5.73 Å². The lowest BCUT2D eigenvalue weighted by atomic mass is 9.99. The number of hydrogen-bond acceptors (Lipinski definition) is 2. The van der Waals surface area contributed by atoms with Gasteiger partial charge in [-0.3, -0.25) is 4.79 Å². The highest BCUT2D eigenvalue weighted by molar-refractivity contribution is 6.41. The van der Waals surface area contributed by atoms with Crippen molar-refractivity contribution in [1.29, 1.82) is 0 Å². The molecule has 2 atom stereocenters. The second-order valence-electron chi connectivity index (χ2n) is 4.48. The van der Waals surface area contributed by atoms with E-state index in [1.54, 1.807) is 6.07 Å². The Kier molecular flexibility index (Phi) is 3.66. The lowest BCUT2D eigenvalue weighted by Gasteiger charge is -2.36. The number of amides is 1. The summed E-state index contributed by atoms with van der Waals surface area (Å²) in [5, 5.41) is 0.674. The third-order valence-electron chi connectivity index (χ3n) is 3.13. The van der Waals surface area contributed by atoms with Crippen LogP contribution in [-0.4, -0.2) is 34.4 Å². The molecule has 4 nitrogen and oxygen atoms in total. The van der Waals surface area contributed by atoms with E-state index >= 15 is 0 Å². The van der Waals surface area contributed by atoms with Crippen LogP contribution < -0.4 is 5.73 Å². The normalized spacial score (nSPS) is 25.1. The molecule has 1 amide bonds. The van der Waals surface area contributed by atoms with Crippen LogP contribution in [0.15, 0.2) is 6.07 Å². The predicted octanol–water partition coefficient (Wildman–Crippen LogP) is 2.27. The van der Waals surface area contributed by atoms with Crippen molar-refractivity contribution in [2.45, 2.75) is 31.8 Å². The van der Waals surface area contributed by atoms with E-state index in [1.165, 1.54) is 0 Å². The van der Waals surface area contributed by atoms with Gasteiger partial charge in [-0.2, -0.15) is 0 Å². The van der Waals surface area contributed by atoms with Gasteiger partial charge in [0.1, 0.15) is 10.8 Å². The monoisotopic (exact) mass is 275 g/mol. The summed E-state index contributed by atoms with van der Waals surface area (Å²) in [7, 11) is 0. The van der Waals surface area contributed by atoms with Crippen LogP contribution >= 0.6 is 23.2 Å². The Balaban J connectivity index is 2.14. The van der Waals surface area contributed by atoms with Crippen molar-refractivity contribution in [3.63, 3.8) is 0 Å². The maximum atomic E-state index is 12.2. The van der Waals surface area contributed by atoms with Gasteiger partial charge in [0.15, 0.2) is 0 Å². The maximum absolute atomic E-state index is 12.2. The van der Waals surface area contributed by atoms with E-state index in [2.05, 4.69) is 4.98 Å². The molecule has 17 heavy (non-hydrogen) atoms. The van der Waals surface area contributed by atoms with Gasteiger partial charge in [0.2, 0.25) is 0 Å². The molecular formula is C11H15Cl2N3O. The summed E-state index contributed by atoms with van der Waals surface area (Å²) in [6.07, 6.45) is 1.66. The topological polar surface area (TPSA) is 62.1 Å². The molecule has 1 saturated heterocycles. The van der Waals surface area contributed by atoms with E-state index < -0.39 is 0 Å². The number of halogens is 2. The standard InChI is InChI=1S/C11H15Cl2N3O/c1-6-4-7(14)2-3-16(6)11(17)9-5-8(12)10(13)15-9/h5-7,15H,2-4,14H2,1H3. The van der Waals surface area contributed by atoms with Gasteiger partial charge in [-0.25, -0.2) is 0 Å². The predicted molar refractivity (Wildman–Crippen MR) is 68.5 cm³/mol. The Labute approximate surface area is 110 Å². The molecule has 0 spiro atoms. The van der Waals surface area contributed by atoms with E-state index in [0.29, 0.717) is 22.4 Å². The number of aromatic amines is 1. The molecule has 1 aliphatic rings. The molecule has 0 radical (unpaired) electrons. The van der Waals surface area contributed by atoms with E-state index in [1.807, 2.05) is 11.8 Å². The molecule has 94 valence electrons. The molecule has 0 aliphatic carbocycles. The Bertz CT molecular complexity index is 413. The summed E-state index contributed by atoms with van der Waals surface area (Å²) in [6, 6.07) is 1.89. The van der Waals surface area contributed by atoms with Gasteiger partial charge in [0, 0.05) is 18.6 Å². The van der Waals surface area contributed by atoms with Crippen molar-refractivity contribution in [1.82, 2.24) is 9.88 Å². The second kappa shape index (κ2) is 4.88. The number of nitrogens with one attached hydrogen (secondary N) is 1. The maximum Gasteiger partial charge on any atom is 0.270 e. The summed E-state index contributed by atoms with van der Waals surface area (Å²) >= 11 is 11.6. The van der Waals surface area contributed by atoms with Crippen molar-refractivity contribution < 1.29 is 4.79 Å². The molecule has 6 heteroatoms. The van der Waals surface area contributed by atoms with Crippen molar-refractivity contribution >= 4 is 29.1 Å². The molecule has 1 aliphatic heterocycles. The quantitative estimate of drug-likeness (QED) is 0.826. The number of nitrogens with two attached hydrogens (primary N) is 1. The Morgan fingerprint density at radius 3 is 2.82 bits per heavy atom. The molecule has 0 bridgehead atoms. The molecule has 2 heterocycles. The van der Waals surface area contributed by atoms with Crippen molar-refractivity contribution in [3.8, 4) is 0 Å². The van der Waals surface area contributed by atoms with E-state index in [9.17, 15) is 4.79 Å². The Hall–Kier alpha value is -0.710. The number of nitrogens with zero attached hydrogens (tertiary/aromatic N) is 1. The molecule has 2 rings (SSSR count). The highest BCUT2D eigenvalue weighted by Crippen LogP contribution is 2.24. The first-order valence-corrected chi connectivity index (χ1v) is 6.35. The fourth-order valence-corrected chi connectivity index (χ4v) is 2.50.